The average molecular weight is 299 g/mol. The Morgan fingerprint density at radius 1 is 1.20 bits per heavy atom. The third-order valence-corrected chi connectivity index (χ3v) is 5.48. The fourth-order valence-electron chi connectivity index (χ4n) is 1.54. The predicted molar refractivity (Wildman–Crippen MR) is 73.7 cm³/mol. The van der Waals surface area contributed by atoms with Gasteiger partial charge in [-0.15, -0.1) is 0 Å². The van der Waals surface area contributed by atoms with Crippen molar-refractivity contribution in [1.29, 1.82) is 0 Å². The number of hydrogen-bond acceptors (Lipinski definition) is 5. The Morgan fingerprint density at radius 2 is 1.70 bits per heavy atom. The van der Waals surface area contributed by atoms with Gasteiger partial charge in [-0.25, -0.2) is 8.42 Å². The molecular formula is C13H17NO5S. The Kier molecular flexibility index (Phi) is 4.54. The number of carbonyl (C=O) groups is 2. The van der Waals surface area contributed by atoms with E-state index in [2.05, 4.69) is 4.74 Å². The van der Waals surface area contributed by atoms with Gasteiger partial charge < -0.3 is 10.5 Å². The summed E-state index contributed by atoms with van der Waals surface area (Å²) in [6, 6.07) is 5.87. The van der Waals surface area contributed by atoms with Gasteiger partial charge in [-0.3, -0.25) is 9.59 Å². The summed E-state index contributed by atoms with van der Waals surface area (Å²) in [7, 11) is -2.61. The molecule has 0 heterocycles. The van der Waals surface area contributed by atoms with Crippen LogP contribution in [-0.4, -0.2) is 32.2 Å². The zero-order chi connectivity index (χ0) is 15.6. The highest BCUT2D eigenvalue weighted by molar-refractivity contribution is 7.92. The molecule has 0 fully saturated rings. The highest BCUT2D eigenvalue weighted by atomic mass is 32.2. The van der Waals surface area contributed by atoms with E-state index in [0.717, 1.165) is 7.11 Å². The van der Waals surface area contributed by atoms with Gasteiger partial charge >= 0.3 is 5.97 Å². The molecule has 2 N–H and O–H groups in total. The van der Waals surface area contributed by atoms with Gasteiger partial charge in [-0.1, -0.05) is 12.1 Å². The molecule has 0 saturated carbocycles. The Hall–Kier alpha value is -1.89. The summed E-state index contributed by atoms with van der Waals surface area (Å²) in [6.07, 6.45) is 0. The van der Waals surface area contributed by atoms with Crippen LogP contribution in [-0.2, 0) is 25.1 Å². The molecule has 0 bridgehead atoms. The van der Waals surface area contributed by atoms with Crippen molar-refractivity contribution in [1.82, 2.24) is 0 Å². The molecule has 6 nitrogen and oxygen atoms in total. The number of sulfone groups is 1. The highest BCUT2D eigenvalue weighted by Crippen LogP contribution is 2.23. The number of nitrogens with two attached hydrogens (primary N) is 1. The topological polar surface area (TPSA) is 104 Å². The summed E-state index contributed by atoms with van der Waals surface area (Å²) in [5, 5.41) is 0. The number of primary amides is 1. The highest BCUT2D eigenvalue weighted by Gasteiger charge is 2.42. The van der Waals surface area contributed by atoms with Crippen LogP contribution in [0.15, 0.2) is 24.3 Å². The van der Waals surface area contributed by atoms with E-state index >= 15 is 0 Å². The van der Waals surface area contributed by atoms with Crippen LogP contribution in [0.4, 0.5) is 0 Å². The molecule has 0 radical (unpaired) electrons. The molecule has 1 amide bonds. The zero-order valence-corrected chi connectivity index (χ0v) is 12.4. The first-order valence-electron chi connectivity index (χ1n) is 5.81. The van der Waals surface area contributed by atoms with Crippen LogP contribution in [0.1, 0.15) is 29.8 Å². The van der Waals surface area contributed by atoms with Crippen LogP contribution in [0.2, 0.25) is 0 Å². The van der Waals surface area contributed by atoms with Crippen LogP contribution in [0, 0.1) is 0 Å². The van der Waals surface area contributed by atoms with E-state index in [4.69, 9.17) is 5.73 Å². The van der Waals surface area contributed by atoms with Gasteiger partial charge in [0.25, 0.3) is 0 Å². The first kappa shape index (κ1) is 16.2. The Bertz CT molecular complexity index is 617. The second-order valence-corrected chi connectivity index (χ2v) is 7.36. The molecule has 1 aromatic rings. The molecule has 110 valence electrons. The van der Waals surface area contributed by atoms with Crippen molar-refractivity contribution in [3.63, 3.8) is 0 Å². The quantitative estimate of drug-likeness (QED) is 0.804. The van der Waals surface area contributed by atoms with E-state index in [-0.39, 0.29) is 5.75 Å². The molecule has 0 saturated heterocycles. The fraction of sp³-hybridized carbons (Fsp3) is 0.385. The molecule has 0 aromatic heterocycles. The summed E-state index contributed by atoms with van der Waals surface area (Å²) in [6.45, 7) is 2.60. The standard InChI is InChI=1S/C13H17NO5S/c1-13(2,12(16)19-3)20(17,18)8-9-4-6-10(7-5-9)11(14)15/h4-7H,8H2,1-3H3,(H2,14,15). The number of esters is 1. The van der Waals surface area contributed by atoms with Crippen LogP contribution in [0.25, 0.3) is 0 Å². The number of amides is 1. The SMILES string of the molecule is COC(=O)C(C)(C)S(=O)(=O)Cc1ccc(C(N)=O)cc1. The first-order valence-corrected chi connectivity index (χ1v) is 7.46. The van der Waals surface area contributed by atoms with Gasteiger partial charge in [0.15, 0.2) is 14.6 Å². The predicted octanol–water partition coefficient (Wildman–Crippen LogP) is 0.652. The maximum absolute atomic E-state index is 12.2. The van der Waals surface area contributed by atoms with Crippen molar-refractivity contribution in [2.75, 3.05) is 7.11 Å². The number of carbonyl (C=O) groups excluding carboxylic acids is 2. The maximum Gasteiger partial charge on any atom is 0.326 e. The average Bonchev–Trinajstić information content (AvgIpc) is 2.37. The molecule has 20 heavy (non-hydrogen) atoms. The number of rotatable bonds is 5. The summed E-state index contributed by atoms with van der Waals surface area (Å²) in [5.41, 5.74) is 5.85. The van der Waals surface area contributed by atoms with Gasteiger partial charge in [-0.05, 0) is 31.5 Å². The van der Waals surface area contributed by atoms with Crippen molar-refractivity contribution in [3.8, 4) is 0 Å². The lowest BCUT2D eigenvalue weighted by atomic mass is 10.1. The number of benzene rings is 1. The van der Waals surface area contributed by atoms with E-state index in [1.807, 2.05) is 0 Å². The summed E-state index contributed by atoms with van der Waals surface area (Å²) in [4.78, 5) is 22.5. The number of ether oxygens (including phenoxy) is 1. The molecule has 0 unspecified atom stereocenters. The lowest BCUT2D eigenvalue weighted by Gasteiger charge is -2.21. The minimum atomic E-state index is -3.75. The molecule has 1 rings (SSSR count). The monoisotopic (exact) mass is 299 g/mol. The smallest absolute Gasteiger partial charge is 0.326 e. The Morgan fingerprint density at radius 3 is 2.10 bits per heavy atom. The van der Waals surface area contributed by atoms with Gasteiger partial charge in [-0.2, -0.15) is 0 Å². The van der Waals surface area contributed by atoms with E-state index in [0.29, 0.717) is 11.1 Å². The Balaban J connectivity index is 3.02. The number of methoxy groups -OCH3 is 1. The van der Waals surface area contributed by atoms with E-state index in [9.17, 15) is 18.0 Å². The molecule has 1 aromatic carbocycles. The Labute approximate surface area is 117 Å². The van der Waals surface area contributed by atoms with Crippen molar-refractivity contribution in [2.24, 2.45) is 5.73 Å². The van der Waals surface area contributed by atoms with Crippen molar-refractivity contribution in [2.45, 2.75) is 24.3 Å². The number of hydrogen-bond donors (Lipinski definition) is 1. The summed E-state index contributed by atoms with van der Waals surface area (Å²) >= 11 is 0. The van der Waals surface area contributed by atoms with E-state index < -0.39 is 26.5 Å². The van der Waals surface area contributed by atoms with Crippen molar-refractivity contribution in [3.05, 3.63) is 35.4 Å². The van der Waals surface area contributed by atoms with Crippen molar-refractivity contribution >= 4 is 21.7 Å². The van der Waals surface area contributed by atoms with Crippen LogP contribution in [0.3, 0.4) is 0 Å². The largest absolute Gasteiger partial charge is 0.468 e. The summed E-state index contributed by atoms with van der Waals surface area (Å²) in [5.74, 6) is -1.73. The normalized spacial score (nSPS) is 11.9. The molecule has 0 aliphatic rings. The molecule has 0 aliphatic heterocycles. The third kappa shape index (κ3) is 3.16. The molecule has 0 spiro atoms. The third-order valence-electron chi connectivity index (χ3n) is 3.05. The van der Waals surface area contributed by atoms with Crippen LogP contribution >= 0.6 is 0 Å². The molecule has 7 heteroatoms. The second-order valence-electron chi connectivity index (χ2n) is 4.82. The van der Waals surface area contributed by atoms with E-state index in [1.165, 1.54) is 38.1 Å². The minimum absolute atomic E-state index is 0.290. The van der Waals surface area contributed by atoms with Crippen LogP contribution < -0.4 is 5.73 Å². The van der Waals surface area contributed by atoms with Gasteiger partial charge in [0, 0.05) is 5.56 Å². The molecular weight excluding hydrogens is 282 g/mol. The zero-order valence-electron chi connectivity index (χ0n) is 11.5. The minimum Gasteiger partial charge on any atom is -0.468 e. The maximum atomic E-state index is 12.2. The lowest BCUT2D eigenvalue weighted by molar-refractivity contribution is -0.142. The van der Waals surface area contributed by atoms with Crippen molar-refractivity contribution < 1.29 is 22.7 Å². The first-order chi connectivity index (χ1) is 9.11. The fourth-order valence-corrected chi connectivity index (χ4v) is 2.87. The van der Waals surface area contributed by atoms with E-state index in [1.54, 1.807) is 0 Å². The second kappa shape index (κ2) is 5.62. The molecule has 0 aliphatic carbocycles. The van der Waals surface area contributed by atoms with Gasteiger partial charge in [0.1, 0.15) is 0 Å². The molecule has 0 atom stereocenters. The van der Waals surface area contributed by atoms with Gasteiger partial charge in [0.05, 0.1) is 12.9 Å². The summed E-state index contributed by atoms with van der Waals surface area (Å²) < 4.78 is 27.4. The lowest BCUT2D eigenvalue weighted by Crippen LogP contribution is -2.42. The van der Waals surface area contributed by atoms with Crippen LogP contribution in [0.5, 0.6) is 0 Å². The van der Waals surface area contributed by atoms with Gasteiger partial charge in [0.2, 0.25) is 5.91 Å².